The number of likely N-dealkylation sites (tertiary alicyclic amines) is 1. The number of alkyl halides is 1. The number of nitrogens with zero attached hydrogens (tertiary/aromatic N) is 1. The van der Waals surface area contributed by atoms with Crippen LogP contribution in [0.15, 0.2) is 0 Å². The smallest absolute Gasteiger partial charge is 0.107 e. The molecule has 0 aromatic heterocycles. The molecule has 3 heteroatoms. The largest absolute Gasteiger partial charge is 0.330 e. The average Bonchev–Trinajstić information content (AvgIpc) is 1.79. The standard InChI is InChI=1S/C10H21FN2/c1-10(2,3)13-6-8(7-13)9(11)4-5-12/h8-9H,4-7,12H2,1-3H3. The molecule has 1 aliphatic rings. The predicted octanol–water partition coefficient (Wildman–Crippen LogP) is 1.40. The van der Waals surface area contributed by atoms with Crippen LogP contribution in [0.25, 0.3) is 0 Å². The normalized spacial score (nSPS) is 22.8. The van der Waals surface area contributed by atoms with Crippen LogP contribution in [0.5, 0.6) is 0 Å². The zero-order valence-corrected chi connectivity index (χ0v) is 8.89. The highest BCUT2D eigenvalue weighted by atomic mass is 19.1. The molecule has 1 fully saturated rings. The van der Waals surface area contributed by atoms with Gasteiger partial charge in [-0.1, -0.05) is 0 Å². The van der Waals surface area contributed by atoms with Crippen LogP contribution in [0.1, 0.15) is 27.2 Å². The lowest BCUT2D eigenvalue weighted by Gasteiger charge is -2.48. The number of hydrogen-bond donors (Lipinski definition) is 1. The Bertz CT molecular complexity index is 159. The molecular formula is C10H21FN2. The summed E-state index contributed by atoms with van der Waals surface area (Å²) < 4.78 is 13.3. The van der Waals surface area contributed by atoms with Gasteiger partial charge in [0.05, 0.1) is 0 Å². The lowest BCUT2D eigenvalue weighted by Crippen LogP contribution is -2.58. The highest BCUT2D eigenvalue weighted by molar-refractivity contribution is 4.91. The van der Waals surface area contributed by atoms with E-state index >= 15 is 0 Å². The number of hydrogen-bond acceptors (Lipinski definition) is 2. The van der Waals surface area contributed by atoms with Crippen molar-refractivity contribution in [3.05, 3.63) is 0 Å². The molecule has 0 aromatic carbocycles. The predicted molar refractivity (Wildman–Crippen MR) is 53.4 cm³/mol. The fourth-order valence-electron chi connectivity index (χ4n) is 1.68. The highest BCUT2D eigenvalue weighted by Gasteiger charge is 2.38. The van der Waals surface area contributed by atoms with Crippen molar-refractivity contribution in [2.24, 2.45) is 11.7 Å². The Morgan fingerprint density at radius 3 is 2.38 bits per heavy atom. The fourth-order valence-corrected chi connectivity index (χ4v) is 1.68. The van der Waals surface area contributed by atoms with Gasteiger partial charge in [0.25, 0.3) is 0 Å². The van der Waals surface area contributed by atoms with Gasteiger partial charge in [-0.25, -0.2) is 4.39 Å². The number of rotatable bonds is 3. The topological polar surface area (TPSA) is 29.3 Å². The molecule has 1 heterocycles. The third kappa shape index (κ3) is 2.64. The first-order chi connectivity index (χ1) is 5.95. The van der Waals surface area contributed by atoms with Gasteiger partial charge in [-0.05, 0) is 33.7 Å². The van der Waals surface area contributed by atoms with Crippen molar-refractivity contribution in [2.45, 2.75) is 38.9 Å². The first-order valence-electron chi connectivity index (χ1n) is 5.04. The summed E-state index contributed by atoms with van der Waals surface area (Å²) in [5.74, 6) is 0.225. The van der Waals surface area contributed by atoms with E-state index in [1.807, 2.05) is 0 Å². The summed E-state index contributed by atoms with van der Waals surface area (Å²) in [5.41, 5.74) is 5.51. The molecule has 1 rings (SSSR count). The Balaban J connectivity index is 2.25. The van der Waals surface area contributed by atoms with Gasteiger partial charge in [0.2, 0.25) is 0 Å². The minimum atomic E-state index is -0.691. The third-order valence-electron chi connectivity index (χ3n) is 2.81. The first-order valence-corrected chi connectivity index (χ1v) is 5.04. The quantitative estimate of drug-likeness (QED) is 0.725. The molecule has 13 heavy (non-hydrogen) atoms. The summed E-state index contributed by atoms with van der Waals surface area (Å²) in [6, 6.07) is 0. The second-order valence-electron chi connectivity index (χ2n) is 4.93. The van der Waals surface area contributed by atoms with E-state index in [4.69, 9.17) is 5.73 Å². The van der Waals surface area contributed by atoms with E-state index in [9.17, 15) is 4.39 Å². The molecule has 1 atom stereocenters. The Morgan fingerprint density at radius 1 is 1.46 bits per heavy atom. The van der Waals surface area contributed by atoms with Crippen LogP contribution in [0.2, 0.25) is 0 Å². The first kappa shape index (κ1) is 10.9. The van der Waals surface area contributed by atoms with Gasteiger partial charge in [0, 0.05) is 24.5 Å². The maximum atomic E-state index is 13.3. The van der Waals surface area contributed by atoms with Crippen molar-refractivity contribution in [3.8, 4) is 0 Å². The number of halogens is 1. The van der Waals surface area contributed by atoms with Crippen molar-refractivity contribution >= 4 is 0 Å². The van der Waals surface area contributed by atoms with Crippen molar-refractivity contribution in [1.29, 1.82) is 0 Å². The highest BCUT2D eigenvalue weighted by Crippen LogP contribution is 2.29. The summed E-state index contributed by atoms with van der Waals surface area (Å²) in [6.45, 7) is 8.75. The molecule has 0 saturated carbocycles. The number of nitrogens with two attached hydrogens (primary N) is 1. The Morgan fingerprint density at radius 2 is 2.00 bits per heavy atom. The maximum absolute atomic E-state index is 13.3. The summed E-state index contributed by atoms with van der Waals surface area (Å²) >= 11 is 0. The second-order valence-corrected chi connectivity index (χ2v) is 4.93. The van der Waals surface area contributed by atoms with Crippen LogP contribution in [0.3, 0.4) is 0 Å². The van der Waals surface area contributed by atoms with Gasteiger partial charge in [-0.2, -0.15) is 0 Å². The van der Waals surface area contributed by atoms with Crippen LogP contribution in [0.4, 0.5) is 4.39 Å². The molecule has 2 N–H and O–H groups in total. The van der Waals surface area contributed by atoms with Gasteiger partial charge in [0.15, 0.2) is 0 Å². The zero-order chi connectivity index (χ0) is 10.1. The van der Waals surface area contributed by atoms with E-state index in [1.165, 1.54) is 0 Å². The van der Waals surface area contributed by atoms with E-state index in [0.29, 0.717) is 13.0 Å². The molecule has 1 saturated heterocycles. The van der Waals surface area contributed by atoms with E-state index in [2.05, 4.69) is 25.7 Å². The van der Waals surface area contributed by atoms with Gasteiger partial charge in [-0.3, -0.25) is 4.90 Å². The Hall–Kier alpha value is -0.150. The summed E-state index contributed by atoms with van der Waals surface area (Å²) in [4.78, 5) is 2.31. The van der Waals surface area contributed by atoms with E-state index in [1.54, 1.807) is 0 Å². The fraction of sp³-hybridized carbons (Fsp3) is 1.00. The maximum Gasteiger partial charge on any atom is 0.107 e. The molecular weight excluding hydrogens is 167 g/mol. The molecule has 0 amide bonds. The molecule has 0 aromatic rings. The van der Waals surface area contributed by atoms with Gasteiger partial charge < -0.3 is 5.73 Å². The molecule has 1 aliphatic heterocycles. The summed E-state index contributed by atoms with van der Waals surface area (Å²) in [7, 11) is 0. The molecule has 2 nitrogen and oxygen atoms in total. The summed E-state index contributed by atoms with van der Waals surface area (Å²) in [6.07, 6.45) is -0.175. The van der Waals surface area contributed by atoms with Gasteiger partial charge in [0.1, 0.15) is 6.17 Å². The van der Waals surface area contributed by atoms with Crippen LogP contribution in [0, 0.1) is 5.92 Å². The van der Waals surface area contributed by atoms with Crippen LogP contribution < -0.4 is 5.73 Å². The average molecular weight is 188 g/mol. The van der Waals surface area contributed by atoms with Crippen molar-refractivity contribution in [2.75, 3.05) is 19.6 Å². The minimum absolute atomic E-state index is 0.193. The van der Waals surface area contributed by atoms with Crippen molar-refractivity contribution in [1.82, 2.24) is 4.90 Å². The van der Waals surface area contributed by atoms with E-state index < -0.39 is 6.17 Å². The van der Waals surface area contributed by atoms with E-state index in [-0.39, 0.29) is 11.5 Å². The second kappa shape index (κ2) is 3.93. The third-order valence-corrected chi connectivity index (χ3v) is 2.81. The van der Waals surface area contributed by atoms with Crippen LogP contribution in [-0.4, -0.2) is 36.2 Å². The molecule has 0 radical (unpaired) electrons. The van der Waals surface area contributed by atoms with Crippen LogP contribution >= 0.6 is 0 Å². The molecule has 0 bridgehead atoms. The van der Waals surface area contributed by atoms with Crippen LogP contribution in [-0.2, 0) is 0 Å². The zero-order valence-electron chi connectivity index (χ0n) is 8.89. The SMILES string of the molecule is CC(C)(C)N1CC(C(F)CCN)C1. The molecule has 0 aliphatic carbocycles. The van der Waals surface area contributed by atoms with Crippen molar-refractivity contribution < 1.29 is 4.39 Å². The van der Waals surface area contributed by atoms with E-state index in [0.717, 1.165) is 13.1 Å². The minimum Gasteiger partial charge on any atom is -0.330 e. The Labute approximate surface area is 80.3 Å². The molecule has 78 valence electrons. The van der Waals surface area contributed by atoms with Crippen molar-refractivity contribution in [3.63, 3.8) is 0 Å². The summed E-state index contributed by atoms with van der Waals surface area (Å²) in [5, 5.41) is 0. The molecule has 1 unspecified atom stereocenters. The van der Waals surface area contributed by atoms with Gasteiger partial charge in [-0.15, -0.1) is 0 Å². The van der Waals surface area contributed by atoms with Gasteiger partial charge >= 0.3 is 0 Å². The monoisotopic (exact) mass is 188 g/mol. The lowest BCUT2D eigenvalue weighted by atomic mass is 9.88. The Kier molecular flexibility index (Phi) is 3.30. The lowest BCUT2D eigenvalue weighted by molar-refractivity contribution is -0.0235. The molecule has 0 spiro atoms.